The van der Waals surface area contributed by atoms with Crippen molar-refractivity contribution in [3.63, 3.8) is 0 Å². The molecule has 4 heteroatoms. The quantitative estimate of drug-likeness (QED) is 0.808. The minimum absolute atomic E-state index is 0.195. The van der Waals surface area contributed by atoms with E-state index < -0.39 is 5.60 Å². The number of nitrogens with zero attached hydrogens (tertiary/aromatic N) is 1. The van der Waals surface area contributed by atoms with Gasteiger partial charge in [0, 0.05) is 19.1 Å². The molecule has 0 aromatic heterocycles. The first-order valence-electron chi connectivity index (χ1n) is 6.57. The standard InChI is InChI=1S/C13H26N2O2/c1-5-11(14)10-7-6-8-15(9-10)12(16)17-13(2,3)4/h10-11H,5-9,14H2,1-4H3/t10-,11-/m0/s1. The van der Waals surface area contributed by atoms with Gasteiger partial charge in [0.2, 0.25) is 0 Å². The van der Waals surface area contributed by atoms with Crippen molar-refractivity contribution < 1.29 is 9.53 Å². The molecule has 0 radical (unpaired) electrons. The third kappa shape index (κ3) is 4.54. The average molecular weight is 242 g/mol. The second-order valence-corrected chi connectivity index (χ2v) is 5.90. The van der Waals surface area contributed by atoms with Gasteiger partial charge in [0.15, 0.2) is 0 Å². The second kappa shape index (κ2) is 5.71. The molecule has 0 bridgehead atoms. The van der Waals surface area contributed by atoms with Gasteiger partial charge in [-0.15, -0.1) is 0 Å². The van der Waals surface area contributed by atoms with Gasteiger partial charge in [0.25, 0.3) is 0 Å². The lowest BCUT2D eigenvalue weighted by atomic mass is 9.90. The number of nitrogens with two attached hydrogens (primary N) is 1. The summed E-state index contributed by atoms with van der Waals surface area (Å²) in [6, 6.07) is 0.195. The fourth-order valence-electron chi connectivity index (χ4n) is 2.19. The SMILES string of the molecule is CC[C@H](N)[C@H]1CCCN(C(=O)OC(C)(C)C)C1. The summed E-state index contributed by atoms with van der Waals surface area (Å²) in [5.41, 5.74) is 5.64. The highest BCUT2D eigenvalue weighted by molar-refractivity contribution is 5.68. The van der Waals surface area contributed by atoms with Crippen LogP contribution in [0.1, 0.15) is 47.0 Å². The number of likely N-dealkylation sites (tertiary alicyclic amines) is 1. The van der Waals surface area contributed by atoms with E-state index in [-0.39, 0.29) is 12.1 Å². The molecule has 1 saturated heterocycles. The van der Waals surface area contributed by atoms with Gasteiger partial charge in [-0.3, -0.25) is 0 Å². The van der Waals surface area contributed by atoms with Crippen molar-refractivity contribution in [1.82, 2.24) is 4.90 Å². The fraction of sp³-hybridized carbons (Fsp3) is 0.923. The Morgan fingerprint density at radius 1 is 1.53 bits per heavy atom. The van der Waals surface area contributed by atoms with Gasteiger partial charge < -0.3 is 15.4 Å². The molecule has 4 nitrogen and oxygen atoms in total. The molecule has 2 N–H and O–H groups in total. The number of rotatable bonds is 2. The zero-order chi connectivity index (χ0) is 13.1. The number of amides is 1. The van der Waals surface area contributed by atoms with Gasteiger partial charge in [0.1, 0.15) is 5.60 Å². The summed E-state index contributed by atoms with van der Waals surface area (Å²) in [4.78, 5) is 13.7. The van der Waals surface area contributed by atoms with E-state index in [1.54, 1.807) is 4.90 Å². The largest absolute Gasteiger partial charge is 0.444 e. The van der Waals surface area contributed by atoms with E-state index in [2.05, 4.69) is 6.92 Å². The van der Waals surface area contributed by atoms with Crippen molar-refractivity contribution in [3.8, 4) is 0 Å². The summed E-state index contributed by atoms with van der Waals surface area (Å²) in [5, 5.41) is 0. The Bertz CT molecular complexity index is 261. The molecule has 2 atom stereocenters. The lowest BCUT2D eigenvalue weighted by molar-refractivity contribution is 0.0152. The number of hydrogen-bond donors (Lipinski definition) is 1. The van der Waals surface area contributed by atoms with E-state index in [0.29, 0.717) is 5.92 Å². The summed E-state index contributed by atoms with van der Waals surface area (Å²) in [6.07, 6.45) is 2.91. The van der Waals surface area contributed by atoms with Crippen molar-refractivity contribution in [2.45, 2.75) is 58.6 Å². The topological polar surface area (TPSA) is 55.6 Å². The van der Waals surface area contributed by atoms with Crippen molar-refractivity contribution in [3.05, 3.63) is 0 Å². The maximum atomic E-state index is 11.9. The van der Waals surface area contributed by atoms with Crippen LogP contribution in [0.3, 0.4) is 0 Å². The fourth-order valence-corrected chi connectivity index (χ4v) is 2.19. The first kappa shape index (κ1) is 14.3. The monoisotopic (exact) mass is 242 g/mol. The molecule has 0 saturated carbocycles. The molecule has 1 rings (SSSR count). The van der Waals surface area contributed by atoms with Crippen molar-refractivity contribution >= 4 is 6.09 Å². The number of ether oxygens (including phenoxy) is 1. The highest BCUT2D eigenvalue weighted by Gasteiger charge is 2.29. The Labute approximate surface area is 104 Å². The molecule has 0 aliphatic carbocycles. The maximum Gasteiger partial charge on any atom is 0.410 e. The maximum absolute atomic E-state index is 11.9. The van der Waals surface area contributed by atoms with Gasteiger partial charge in [-0.1, -0.05) is 6.92 Å². The zero-order valence-electron chi connectivity index (χ0n) is 11.5. The predicted molar refractivity (Wildman–Crippen MR) is 68.8 cm³/mol. The number of carbonyl (C=O) groups is 1. The molecular formula is C13H26N2O2. The third-order valence-corrected chi connectivity index (χ3v) is 3.19. The van der Waals surface area contributed by atoms with Gasteiger partial charge in [0.05, 0.1) is 0 Å². The van der Waals surface area contributed by atoms with E-state index in [4.69, 9.17) is 10.5 Å². The predicted octanol–water partition coefficient (Wildman–Crippen LogP) is 2.37. The second-order valence-electron chi connectivity index (χ2n) is 5.90. The zero-order valence-corrected chi connectivity index (χ0v) is 11.5. The lowest BCUT2D eigenvalue weighted by Gasteiger charge is -2.36. The van der Waals surface area contributed by atoms with Crippen LogP contribution in [-0.2, 0) is 4.74 Å². The van der Waals surface area contributed by atoms with Crippen LogP contribution in [0.5, 0.6) is 0 Å². The van der Waals surface area contributed by atoms with E-state index in [9.17, 15) is 4.79 Å². The van der Waals surface area contributed by atoms with Crippen molar-refractivity contribution in [2.75, 3.05) is 13.1 Å². The summed E-state index contributed by atoms with van der Waals surface area (Å²) in [5.74, 6) is 0.418. The van der Waals surface area contributed by atoms with Crippen LogP contribution >= 0.6 is 0 Å². The van der Waals surface area contributed by atoms with E-state index in [1.165, 1.54) is 0 Å². The van der Waals surface area contributed by atoms with Crippen molar-refractivity contribution in [1.29, 1.82) is 0 Å². The minimum Gasteiger partial charge on any atom is -0.444 e. The molecule has 0 aromatic carbocycles. The Hall–Kier alpha value is -0.770. The Morgan fingerprint density at radius 3 is 2.71 bits per heavy atom. The lowest BCUT2D eigenvalue weighted by Crippen LogP contribution is -2.47. The van der Waals surface area contributed by atoms with Crippen LogP contribution in [0.4, 0.5) is 4.79 Å². The van der Waals surface area contributed by atoms with Crippen LogP contribution in [0.2, 0.25) is 0 Å². The van der Waals surface area contributed by atoms with Gasteiger partial charge in [-0.25, -0.2) is 4.79 Å². The minimum atomic E-state index is -0.420. The normalized spacial score (nSPS) is 23.4. The molecule has 1 heterocycles. The van der Waals surface area contributed by atoms with Crippen LogP contribution in [0, 0.1) is 5.92 Å². The van der Waals surface area contributed by atoms with Crippen molar-refractivity contribution in [2.24, 2.45) is 11.7 Å². The highest BCUT2D eigenvalue weighted by Crippen LogP contribution is 2.22. The molecule has 0 unspecified atom stereocenters. The number of hydrogen-bond acceptors (Lipinski definition) is 3. The van der Waals surface area contributed by atoms with E-state index >= 15 is 0 Å². The molecule has 1 amide bonds. The first-order valence-corrected chi connectivity index (χ1v) is 6.57. The third-order valence-electron chi connectivity index (χ3n) is 3.19. The molecule has 1 fully saturated rings. The summed E-state index contributed by atoms with van der Waals surface area (Å²) >= 11 is 0. The average Bonchev–Trinajstić information content (AvgIpc) is 2.26. The van der Waals surface area contributed by atoms with E-state index in [0.717, 1.165) is 32.4 Å². The Morgan fingerprint density at radius 2 is 2.18 bits per heavy atom. The Balaban J connectivity index is 2.52. The van der Waals surface area contributed by atoms with Crippen LogP contribution in [0.25, 0.3) is 0 Å². The summed E-state index contributed by atoms with van der Waals surface area (Å²) in [7, 11) is 0. The molecule has 17 heavy (non-hydrogen) atoms. The Kier molecular flexibility index (Phi) is 4.80. The number of piperidine rings is 1. The van der Waals surface area contributed by atoms with E-state index in [1.807, 2.05) is 20.8 Å². The van der Waals surface area contributed by atoms with Gasteiger partial charge in [-0.2, -0.15) is 0 Å². The molecular weight excluding hydrogens is 216 g/mol. The van der Waals surface area contributed by atoms with Crippen LogP contribution in [-0.4, -0.2) is 35.7 Å². The first-order chi connectivity index (χ1) is 7.83. The van der Waals surface area contributed by atoms with Gasteiger partial charge in [-0.05, 0) is 46.0 Å². The van der Waals surface area contributed by atoms with Crippen LogP contribution in [0.15, 0.2) is 0 Å². The van der Waals surface area contributed by atoms with Gasteiger partial charge >= 0.3 is 6.09 Å². The number of carbonyl (C=O) groups excluding carboxylic acids is 1. The highest BCUT2D eigenvalue weighted by atomic mass is 16.6. The molecule has 1 aliphatic rings. The summed E-state index contributed by atoms with van der Waals surface area (Å²) < 4.78 is 5.39. The molecule has 1 aliphatic heterocycles. The molecule has 100 valence electrons. The van der Waals surface area contributed by atoms with Crippen LogP contribution < -0.4 is 5.73 Å². The molecule has 0 aromatic rings. The smallest absolute Gasteiger partial charge is 0.410 e. The molecule has 0 spiro atoms. The summed E-state index contributed by atoms with van der Waals surface area (Å²) in [6.45, 7) is 9.31.